The number of aliphatic hydroxyl groups is 5. The Kier molecular flexibility index (Phi) is 47.2. The van der Waals surface area contributed by atoms with Gasteiger partial charge in [0.05, 0.1) is 25.4 Å². The molecule has 1 heterocycles. The van der Waals surface area contributed by atoms with Crippen LogP contribution in [0.1, 0.15) is 232 Å². The fraction of sp³-hybridized carbons (Fsp3) is 0.726. The molecule has 0 aromatic rings. The molecule has 6 N–H and O–H groups in total. The minimum atomic E-state index is -1.59. The van der Waals surface area contributed by atoms with E-state index in [-0.39, 0.29) is 18.9 Å². The largest absolute Gasteiger partial charge is 0.394 e. The third-order valence-electron chi connectivity index (χ3n) is 13.2. The molecular formula is C62H107NO8. The quantitative estimate of drug-likeness (QED) is 0.0261. The van der Waals surface area contributed by atoms with Crippen molar-refractivity contribution in [1.82, 2.24) is 5.32 Å². The predicted molar refractivity (Wildman–Crippen MR) is 299 cm³/mol. The number of rotatable bonds is 48. The molecule has 0 aromatic heterocycles. The molecule has 0 spiro atoms. The van der Waals surface area contributed by atoms with E-state index in [1.165, 1.54) is 148 Å². The number of carbonyl (C=O) groups excluding carboxylic acids is 1. The maximum atomic E-state index is 13.0. The second-order valence-corrected chi connectivity index (χ2v) is 19.7. The monoisotopic (exact) mass is 994 g/mol. The molecule has 1 aliphatic rings. The van der Waals surface area contributed by atoms with Gasteiger partial charge in [0, 0.05) is 6.42 Å². The van der Waals surface area contributed by atoms with Gasteiger partial charge in [-0.3, -0.25) is 4.79 Å². The topological polar surface area (TPSA) is 149 Å². The van der Waals surface area contributed by atoms with Crippen LogP contribution in [0.15, 0.2) is 97.2 Å². The number of nitrogens with one attached hydrogen (secondary N) is 1. The maximum absolute atomic E-state index is 13.0. The first-order chi connectivity index (χ1) is 34.8. The number of amides is 1. The predicted octanol–water partition coefficient (Wildman–Crippen LogP) is 14.4. The Labute approximate surface area is 434 Å². The lowest BCUT2D eigenvalue weighted by atomic mass is 9.99. The Morgan fingerprint density at radius 2 is 0.887 bits per heavy atom. The van der Waals surface area contributed by atoms with Gasteiger partial charge in [-0.2, -0.15) is 0 Å². The Morgan fingerprint density at radius 3 is 1.34 bits per heavy atom. The van der Waals surface area contributed by atoms with Gasteiger partial charge in [-0.1, -0.05) is 252 Å². The lowest BCUT2D eigenvalue weighted by Crippen LogP contribution is -2.60. The number of ether oxygens (including phenoxy) is 2. The van der Waals surface area contributed by atoms with E-state index >= 15 is 0 Å². The van der Waals surface area contributed by atoms with E-state index in [0.717, 1.165) is 57.8 Å². The second-order valence-electron chi connectivity index (χ2n) is 19.7. The van der Waals surface area contributed by atoms with E-state index in [1.54, 1.807) is 6.08 Å². The third kappa shape index (κ3) is 40.2. The van der Waals surface area contributed by atoms with Crippen molar-refractivity contribution in [1.29, 1.82) is 0 Å². The maximum Gasteiger partial charge on any atom is 0.220 e. The molecule has 1 saturated heterocycles. The third-order valence-corrected chi connectivity index (χ3v) is 13.2. The van der Waals surface area contributed by atoms with E-state index in [4.69, 9.17) is 9.47 Å². The zero-order valence-electron chi connectivity index (χ0n) is 45.2. The average molecular weight is 995 g/mol. The van der Waals surface area contributed by atoms with Crippen LogP contribution in [-0.4, -0.2) is 87.5 Å². The number of aliphatic hydroxyl groups excluding tert-OH is 5. The van der Waals surface area contributed by atoms with Gasteiger partial charge in [0.1, 0.15) is 24.4 Å². The fourth-order valence-electron chi connectivity index (χ4n) is 8.61. The van der Waals surface area contributed by atoms with E-state index in [9.17, 15) is 30.3 Å². The van der Waals surface area contributed by atoms with Crippen LogP contribution >= 0.6 is 0 Å². The number of hydrogen-bond donors (Lipinski definition) is 6. The highest BCUT2D eigenvalue weighted by Gasteiger charge is 2.44. The average Bonchev–Trinajstić information content (AvgIpc) is 3.37. The van der Waals surface area contributed by atoms with Crippen LogP contribution in [0.4, 0.5) is 0 Å². The minimum Gasteiger partial charge on any atom is -0.394 e. The lowest BCUT2D eigenvalue weighted by Gasteiger charge is -2.40. The van der Waals surface area contributed by atoms with E-state index in [0.29, 0.717) is 6.42 Å². The van der Waals surface area contributed by atoms with Crippen molar-refractivity contribution in [2.75, 3.05) is 13.2 Å². The molecule has 1 fully saturated rings. The normalized spacial score (nSPS) is 20.0. The Hall–Kier alpha value is -2.89. The minimum absolute atomic E-state index is 0.208. The summed E-state index contributed by atoms with van der Waals surface area (Å²) in [5.41, 5.74) is 0. The van der Waals surface area contributed by atoms with Gasteiger partial charge in [-0.25, -0.2) is 0 Å². The number of allylic oxidation sites excluding steroid dienone is 15. The Morgan fingerprint density at radius 1 is 0.493 bits per heavy atom. The molecule has 0 aliphatic carbocycles. The van der Waals surface area contributed by atoms with Gasteiger partial charge in [-0.15, -0.1) is 0 Å². The molecule has 1 aliphatic heterocycles. The summed E-state index contributed by atoms with van der Waals surface area (Å²) in [7, 11) is 0. The van der Waals surface area contributed by atoms with Crippen molar-refractivity contribution >= 4 is 5.91 Å². The Balaban J connectivity index is 2.28. The van der Waals surface area contributed by atoms with E-state index < -0.39 is 49.5 Å². The lowest BCUT2D eigenvalue weighted by molar-refractivity contribution is -0.302. The van der Waals surface area contributed by atoms with Crippen molar-refractivity contribution in [2.45, 2.75) is 275 Å². The molecule has 9 nitrogen and oxygen atoms in total. The molecular weight excluding hydrogens is 887 g/mol. The summed E-state index contributed by atoms with van der Waals surface area (Å²) in [5.74, 6) is -0.270. The molecule has 0 bridgehead atoms. The number of hydrogen-bond acceptors (Lipinski definition) is 8. The Bertz CT molecular complexity index is 1430. The van der Waals surface area contributed by atoms with Crippen molar-refractivity contribution in [3.8, 4) is 0 Å². The SMILES string of the molecule is CC/C=C\C/C=C\C/C=C\C/C=C\C/C=C\C/C=C\CCC(=O)NC(COC1OC(CO)C(O)C(O)C1O)C(O)/C=C/CC/C=C/CCCCCCCCCCCCCCCCCCCCCCCCC. The molecule has 7 unspecified atom stereocenters. The molecule has 0 saturated carbocycles. The number of unbranched alkanes of at least 4 members (excludes halogenated alkanes) is 24. The molecule has 7 atom stereocenters. The van der Waals surface area contributed by atoms with Crippen LogP contribution < -0.4 is 5.32 Å². The van der Waals surface area contributed by atoms with Crippen molar-refractivity contribution in [2.24, 2.45) is 0 Å². The summed E-state index contributed by atoms with van der Waals surface area (Å²) in [4.78, 5) is 13.0. The standard InChI is InChI=1S/C62H107NO8/c1-3-5-7-9-11-13-15-17-19-21-23-24-25-26-27-28-29-30-31-32-34-35-37-39-41-43-45-47-49-51-56(65)55(54-70-62-61(69)60(68)59(67)57(53-64)71-62)63-58(66)52-50-48-46-44-42-40-38-36-33-22-20-18-16-14-12-10-8-6-4-2/h6,8,12,14,18,20,33,36,40-43,46,48-49,51,55-57,59-62,64-65,67-69H,3-5,7,9-11,13,15-17,19,21-32,34-35,37-39,44-45,47,50,52-54H2,1-2H3,(H,63,66)/b8-6-,14-12-,20-18-,36-33-,42-40-,43-41+,48-46-,51-49+. The molecule has 1 amide bonds. The van der Waals surface area contributed by atoms with Gasteiger partial charge in [0.15, 0.2) is 6.29 Å². The van der Waals surface area contributed by atoms with Gasteiger partial charge < -0.3 is 40.3 Å². The molecule has 71 heavy (non-hydrogen) atoms. The summed E-state index contributed by atoms with van der Waals surface area (Å²) in [6, 6.07) is -0.870. The fourth-order valence-corrected chi connectivity index (χ4v) is 8.61. The van der Waals surface area contributed by atoms with Crippen LogP contribution in [0.3, 0.4) is 0 Å². The van der Waals surface area contributed by atoms with Crippen molar-refractivity contribution < 1.29 is 39.8 Å². The van der Waals surface area contributed by atoms with Gasteiger partial charge >= 0.3 is 0 Å². The first kappa shape index (κ1) is 66.1. The highest BCUT2D eigenvalue weighted by Crippen LogP contribution is 2.23. The number of carbonyl (C=O) groups is 1. The molecule has 0 aromatic carbocycles. The molecule has 1 rings (SSSR count). The summed E-state index contributed by atoms with van der Waals surface area (Å²) in [6.07, 6.45) is 66.4. The first-order valence-electron chi connectivity index (χ1n) is 29.0. The molecule has 0 radical (unpaired) electrons. The van der Waals surface area contributed by atoms with Gasteiger partial charge in [0.25, 0.3) is 0 Å². The zero-order chi connectivity index (χ0) is 51.5. The summed E-state index contributed by atoms with van der Waals surface area (Å²) in [5, 5.41) is 54.4. The van der Waals surface area contributed by atoms with Crippen LogP contribution in [0, 0.1) is 0 Å². The molecule has 9 heteroatoms. The second kappa shape index (κ2) is 50.6. The molecule has 408 valence electrons. The van der Waals surface area contributed by atoms with Crippen LogP contribution in [0.25, 0.3) is 0 Å². The highest BCUT2D eigenvalue weighted by molar-refractivity contribution is 5.76. The zero-order valence-corrected chi connectivity index (χ0v) is 45.2. The highest BCUT2D eigenvalue weighted by atomic mass is 16.7. The van der Waals surface area contributed by atoms with Crippen molar-refractivity contribution in [3.05, 3.63) is 97.2 Å². The summed E-state index contributed by atoms with van der Waals surface area (Å²) >= 11 is 0. The summed E-state index contributed by atoms with van der Waals surface area (Å²) < 4.78 is 11.2. The van der Waals surface area contributed by atoms with Crippen LogP contribution in [0.2, 0.25) is 0 Å². The van der Waals surface area contributed by atoms with E-state index in [2.05, 4.69) is 92.1 Å². The van der Waals surface area contributed by atoms with Gasteiger partial charge in [0.2, 0.25) is 5.91 Å². The first-order valence-corrected chi connectivity index (χ1v) is 29.0. The van der Waals surface area contributed by atoms with Crippen LogP contribution in [0.5, 0.6) is 0 Å². The smallest absolute Gasteiger partial charge is 0.220 e. The van der Waals surface area contributed by atoms with Crippen molar-refractivity contribution in [3.63, 3.8) is 0 Å². The van der Waals surface area contributed by atoms with E-state index in [1.807, 2.05) is 18.2 Å². The van der Waals surface area contributed by atoms with Gasteiger partial charge in [-0.05, 0) is 70.6 Å². The van der Waals surface area contributed by atoms with Crippen LogP contribution in [-0.2, 0) is 14.3 Å². The summed E-state index contributed by atoms with van der Waals surface area (Å²) in [6.45, 7) is 3.61.